The maximum absolute atomic E-state index is 5.71. The van der Waals surface area contributed by atoms with E-state index in [0.29, 0.717) is 6.04 Å². The van der Waals surface area contributed by atoms with Gasteiger partial charge in [-0.2, -0.15) is 0 Å². The highest BCUT2D eigenvalue weighted by Gasteiger charge is 2.21. The van der Waals surface area contributed by atoms with E-state index < -0.39 is 0 Å². The first-order valence-corrected chi connectivity index (χ1v) is 6.92. The summed E-state index contributed by atoms with van der Waals surface area (Å²) in [4.78, 5) is 2.56. The van der Waals surface area contributed by atoms with Gasteiger partial charge >= 0.3 is 0 Å². The van der Waals surface area contributed by atoms with E-state index in [-0.39, 0.29) is 0 Å². The Hall–Kier alpha value is -0.120. The monoisotopic (exact) mass is 226 g/mol. The van der Waals surface area contributed by atoms with E-state index in [4.69, 9.17) is 4.74 Å². The minimum Gasteiger partial charge on any atom is -0.380 e. The fraction of sp³-hybridized carbons (Fsp3) is 1.00. The van der Waals surface area contributed by atoms with Crippen LogP contribution in [-0.4, -0.2) is 50.3 Å². The average Bonchev–Trinajstić information content (AvgIpc) is 3.12. The third kappa shape index (κ3) is 4.40. The normalized spacial score (nSPS) is 27.9. The standard InChI is InChI=1S/C13H26N2O/c1-2-13-10-15(7-3-6-14-13)8-9-16-11-12-4-5-12/h12-14H,2-11H2,1H3. The van der Waals surface area contributed by atoms with Crippen LogP contribution in [-0.2, 0) is 4.74 Å². The lowest BCUT2D eigenvalue weighted by atomic mass is 10.2. The van der Waals surface area contributed by atoms with Crippen molar-refractivity contribution >= 4 is 0 Å². The number of ether oxygens (including phenoxy) is 1. The molecule has 0 aromatic carbocycles. The molecule has 0 bridgehead atoms. The number of nitrogens with one attached hydrogen (secondary N) is 1. The van der Waals surface area contributed by atoms with E-state index in [2.05, 4.69) is 17.1 Å². The summed E-state index contributed by atoms with van der Waals surface area (Å²) < 4.78 is 5.71. The van der Waals surface area contributed by atoms with Crippen molar-refractivity contribution in [3.8, 4) is 0 Å². The van der Waals surface area contributed by atoms with Crippen LogP contribution in [0.4, 0.5) is 0 Å². The van der Waals surface area contributed by atoms with Gasteiger partial charge in [-0.1, -0.05) is 6.92 Å². The maximum Gasteiger partial charge on any atom is 0.0593 e. The first-order chi connectivity index (χ1) is 7.88. The van der Waals surface area contributed by atoms with E-state index in [9.17, 15) is 0 Å². The lowest BCUT2D eigenvalue weighted by Crippen LogP contribution is -2.38. The molecule has 2 aliphatic rings. The molecule has 94 valence electrons. The summed E-state index contributed by atoms with van der Waals surface area (Å²) >= 11 is 0. The van der Waals surface area contributed by atoms with Crippen LogP contribution in [0.2, 0.25) is 0 Å². The van der Waals surface area contributed by atoms with Crippen molar-refractivity contribution in [2.75, 3.05) is 39.4 Å². The molecule has 1 N–H and O–H groups in total. The summed E-state index contributed by atoms with van der Waals surface area (Å²) in [5, 5.41) is 3.60. The molecule has 1 unspecified atom stereocenters. The number of hydrogen-bond donors (Lipinski definition) is 1. The summed E-state index contributed by atoms with van der Waals surface area (Å²) in [7, 11) is 0. The Labute approximate surface area is 99.5 Å². The first kappa shape index (κ1) is 12.3. The van der Waals surface area contributed by atoms with Crippen LogP contribution in [0.1, 0.15) is 32.6 Å². The Kier molecular flexibility index (Phi) is 5.07. The third-order valence-electron chi connectivity index (χ3n) is 3.66. The molecule has 1 aliphatic heterocycles. The van der Waals surface area contributed by atoms with Gasteiger partial charge in [-0.05, 0) is 44.7 Å². The average molecular weight is 226 g/mol. The van der Waals surface area contributed by atoms with Gasteiger partial charge in [-0.15, -0.1) is 0 Å². The van der Waals surface area contributed by atoms with Crippen molar-refractivity contribution in [1.82, 2.24) is 10.2 Å². The van der Waals surface area contributed by atoms with Gasteiger partial charge in [0.2, 0.25) is 0 Å². The number of rotatable bonds is 6. The molecule has 0 radical (unpaired) electrons. The van der Waals surface area contributed by atoms with Crippen LogP contribution in [0.5, 0.6) is 0 Å². The minimum atomic E-state index is 0.686. The highest BCUT2D eigenvalue weighted by molar-refractivity contribution is 4.75. The smallest absolute Gasteiger partial charge is 0.0593 e. The van der Waals surface area contributed by atoms with Crippen molar-refractivity contribution in [1.29, 1.82) is 0 Å². The predicted molar refractivity (Wildman–Crippen MR) is 66.7 cm³/mol. The first-order valence-electron chi connectivity index (χ1n) is 6.92. The molecule has 16 heavy (non-hydrogen) atoms. The van der Waals surface area contributed by atoms with Crippen LogP contribution < -0.4 is 5.32 Å². The second-order valence-electron chi connectivity index (χ2n) is 5.23. The van der Waals surface area contributed by atoms with Gasteiger partial charge in [0.15, 0.2) is 0 Å². The number of hydrogen-bond acceptors (Lipinski definition) is 3. The zero-order valence-corrected chi connectivity index (χ0v) is 10.6. The Morgan fingerprint density at radius 2 is 2.25 bits per heavy atom. The highest BCUT2D eigenvalue weighted by atomic mass is 16.5. The summed E-state index contributed by atoms with van der Waals surface area (Å²) in [5.74, 6) is 0.897. The Balaban J connectivity index is 1.58. The summed E-state index contributed by atoms with van der Waals surface area (Å²) in [6, 6.07) is 0.686. The Bertz CT molecular complexity index is 194. The van der Waals surface area contributed by atoms with Gasteiger partial charge in [0.05, 0.1) is 6.61 Å². The van der Waals surface area contributed by atoms with Crippen LogP contribution >= 0.6 is 0 Å². The van der Waals surface area contributed by atoms with E-state index in [1.807, 2.05) is 0 Å². The zero-order valence-electron chi connectivity index (χ0n) is 10.6. The van der Waals surface area contributed by atoms with E-state index in [1.165, 1.54) is 45.3 Å². The third-order valence-corrected chi connectivity index (χ3v) is 3.66. The van der Waals surface area contributed by atoms with Crippen LogP contribution in [0.15, 0.2) is 0 Å². The lowest BCUT2D eigenvalue weighted by molar-refractivity contribution is 0.0955. The topological polar surface area (TPSA) is 24.5 Å². The molecule has 0 aromatic heterocycles. The van der Waals surface area contributed by atoms with Crippen LogP contribution in [0.3, 0.4) is 0 Å². The van der Waals surface area contributed by atoms with Crippen molar-refractivity contribution < 1.29 is 4.74 Å². The highest BCUT2D eigenvalue weighted by Crippen LogP contribution is 2.28. The lowest BCUT2D eigenvalue weighted by Gasteiger charge is -2.23. The van der Waals surface area contributed by atoms with E-state index in [1.54, 1.807) is 0 Å². The maximum atomic E-state index is 5.71. The van der Waals surface area contributed by atoms with Gasteiger partial charge in [-0.25, -0.2) is 0 Å². The summed E-state index contributed by atoms with van der Waals surface area (Å²) in [6.45, 7) is 8.92. The molecular weight excluding hydrogens is 200 g/mol. The number of nitrogens with zero attached hydrogens (tertiary/aromatic N) is 1. The molecule has 0 amide bonds. The van der Waals surface area contributed by atoms with Crippen molar-refractivity contribution in [2.45, 2.75) is 38.6 Å². The quantitative estimate of drug-likeness (QED) is 0.694. The van der Waals surface area contributed by atoms with E-state index in [0.717, 1.165) is 25.7 Å². The molecule has 1 saturated carbocycles. The van der Waals surface area contributed by atoms with Crippen molar-refractivity contribution in [3.05, 3.63) is 0 Å². The van der Waals surface area contributed by atoms with E-state index >= 15 is 0 Å². The van der Waals surface area contributed by atoms with Gasteiger partial charge in [0.1, 0.15) is 0 Å². The van der Waals surface area contributed by atoms with Crippen molar-refractivity contribution in [2.24, 2.45) is 5.92 Å². The Morgan fingerprint density at radius 3 is 3.00 bits per heavy atom. The molecule has 1 atom stereocenters. The fourth-order valence-corrected chi connectivity index (χ4v) is 2.28. The van der Waals surface area contributed by atoms with Gasteiger partial charge in [-0.3, -0.25) is 4.90 Å². The van der Waals surface area contributed by atoms with Gasteiger partial charge in [0, 0.05) is 25.7 Å². The molecular formula is C13H26N2O. The molecule has 0 spiro atoms. The predicted octanol–water partition coefficient (Wildman–Crippen LogP) is 1.49. The molecule has 0 aromatic rings. The Morgan fingerprint density at radius 1 is 1.38 bits per heavy atom. The molecule has 2 rings (SSSR count). The fourth-order valence-electron chi connectivity index (χ4n) is 2.28. The molecule has 1 saturated heterocycles. The molecule has 2 fully saturated rings. The van der Waals surface area contributed by atoms with Gasteiger partial charge in [0.25, 0.3) is 0 Å². The SMILES string of the molecule is CCC1CN(CCOCC2CC2)CCCN1. The largest absolute Gasteiger partial charge is 0.380 e. The molecule has 1 heterocycles. The summed E-state index contributed by atoms with van der Waals surface area (Å²) in [5.41, 5.74) is 0. The molecule has 1 aliphatic carbocycles. The second-order valence-corrected chi connectivity index (χ2v) is 5.23. The second kappa shape index (κ2) is 6.58. The van der Waals surface area contributed by atoms with Crippen molar-refractivity contribution in [3.63, 3.8) is 0 Å². The zero-order chi connectivity index (χ0) is 11.2. The van der Waals surface area contributed by atoms with Gasteiger partial charge < -0.3 is 10.1 Å². The van der Waals surface area contributed by atoms with Crippen LogP contribution in [0, 0.1) is 5.92 Å². The minimum absolute atomic E-state index is 0.686. The van der Waals surface area contributed by atoms with Crippen LogP contribution in [0.25, 0.3) is 0 Å². The molecule has 3 heteroatoms. The molecule has 3 nitrogen and oxygen atoms in total. The summed E-state index contributed by atoms with van der Waals surface area (Å²) in [6.07, 6.45) is 5.30.